The van der Waals surface area contributed by atoms with E-state index < -0.39 is 0 Å². The van der Waals surface area contributed by atoms with Crippen molar-refractivity contribution < 1.29 is 0 Å². The maximum absolute atomic E-state index is 9.32. The van der Waals surface area contributed by atoms with Crippen LogP contribution in [0.4, 0.5) is 17.5 Å². The lowest BCUT2D eigenvalue weighted by Crippen LogP contribution is -2.47. The number of nitrogens with zero attached hydrogens (tertiary/aromatic N) is 6. The van der Waals surface area contributed by atoms with E-state index in [2.05, 4.69) is 25.8 Å². The van der Waals surface area contributed by atoms with E-state index in [0.717, 1.165) is 62.3 Å². The molecule has 0 spiro atoms. The Hall–Kier alpha value is -2.81. The number of benzene rings is 1. The standard InChI is InChI=1S/C20H24N6/c21-16-17-6-2-3-7-18(17)24-12-14-26(15-13-24)20-22-9-8-19(23-20)25-10-4-1-5-11-25/h2-3,6-9H,1,4-5,10-15H2. The van der Waals surface area contributed by atoms with Crippen LogP contribution >= 0.6 is 0 Å². The molecular weight excluding hydrogens is 324 g/mol. The van der Waals surface area contributed by atoms with Crippen molar-refractivity contribution in [2.45, 2.75) is 19.3 Å². The molecule has 2 aliphatic heterocycles. The maximum Gasteiger partial charge on any atom is 0.227 e. The first-order valence-electron chi connectivity index (χ1n) is 9.42. The van der Waals surface area contributed by atoms with Crippen LogP contribution in [0.2, 0.25) is 0 Å². The molecule has 0 radical (unpaired) electrons. The second-order valence-electron chi connectivity index (χ2n) is 6.87. The number of hydrogen-bond donors (Lipinski definition) is 0. The lowest BCUT2D eigenvalue weighted by Gasteiger charge is -2.36. The quantitative estimate of drug-likeness (QED) is 0.850. The Balaban J connectivity index is 1.44. The molecular formula is C20H24N6. The number of aromatic nitrogens is 2. The van der Waals surface area contributed by atoms with E-state index in [1.807, 2.05) is 36.5 Å². The summed E-state index contributed by atoms with van der Waals surface area (Å²) in [4.78, 5) is 16.2. The van der Waals surface area contributed by atoms with Crippen LogP contribution in [0.1, 0.15) is 24.8 Å². The van der Waals surface area contributed by atoms with Gasteiger partial charge in [-0.05, 0) is 37.5 Å². The third-order valence-electron chi connectivity index (χ3n) is 5.24. The largest absolute Gasteiger partial charge is 0.367 e. The van der Waals surface area contributed by atoms with E-state index in [0.29, 0.717) is 0 Å². The molecule has 2 aliphatic rings. The molecule has 0 saturated carbocycles. The Kier molecular flexibility index (Phi) is 4.87. The molecule has 4 rings (SSSR count). The minimum Gasteiger partial charge on any atom is -0.367 e. The summed E-state index contributed by atoms with van der Waals surface area (Å²) in [5, 5.41) is 9.32. The van der Waals surface area contributed by atoms with Gasteiger partial charge in [0.25, 0.3) is 0 Å². The van der Waals surface area contributed by atoms with Gasteiger partial charge in [0.05, 0.1) is 11.3 Å². The van der Waals surface area contributed by atoms with Gasteiger partial charge in [-0.3, -0.25) is 0 Å². The topological polar surface area (TPSA) is 59.3 Å². The first kappa shape index (κ1) is 16.6. The zero-order valence-electron chi connectivity index (χ0n) is 15.0. The zero-order valence-corrected chi connectivity index (χ0v) is 15.0. The molecule has 6 nitrogen and oxygen atoms in total. The number of para-hydroxylation sites is 1. The molecule has 0 unspecified atom stereocenters. The Morgan fingerprint density at radius 3 is 2.31 bits per heavy atom. The number of anilines is 3. The molecule has 0 N–H and O–H groups in total. The summed E-state index contributed by atoms with van der Waals surface area (Å²) in [5.74, 6) is 1.87. The van der Waals surface area contributed by atoms with Crippen molar-refractivity contribution >= 4 is 17.5 Å². The maximum atomic E-state index is 9.32. The fraction of sp³-hybridized carbons (Fsp3) is 0.450. The van der Waals surface area contributed by atoms with Crippen molar-refractivity contribution in [2.75, 3.05) is 54.0 Å². The predicted molar refractivity (Wildman–Crippen MR) is 104 cm³/mol. The van der Waals surface area contributed by atoms with E-state index in [9.17, 15) is 5.26 Å². The smallest absolute Gasteiger partial charge is 0.227 e. The number of rotatable bonds is 3. The van der Waals surface area contributed by atoms with Crippen molar-refractivity contribution in [1.82, 2.24) is 9.97 Å². The fourth-order valence-corrected chi connectivity index (χ4v) is 3.78. The van der Waals surface area contributed by atoms with Gasteiger partial charge in [0.2, 0.25) is 5.95 Å². The van der Waals surface area contributed by atoms with Crippen molar-refractivity contribution in [1.29, 1.82) is 5.26 Å². The highest BCUT2D eigenvalue weighted by molar-refractivity contribution is 5.60. The average molecular weight is 348 g/mol. The third-order valence-corrected chi connectivity index (χ3v) is 5.24. The third kappa shape index (κ3) is 3.43. The summed E-state index contributed by atoms with van der Waals surface area (Å²) >= 11 is 0. The average Bonchev–Trinajstić information content (AvgIpc) is 2.74. The van der Waals surface area contributed by atoms with Crippen LogP contribution in [-0.4, -0.2) is 49.2 Å². The number of piperazine rings is 1. The molecule has 6 heteroatoms. The van der Waals surface area contributed by atoms with Crippen LogP contribution in [0.25, 0.3) is 0 Å². The lowest BCUT2D eigenvalue weighted by molar-refractivity contribution is 0.571. The van der Waals surface area contributed by atoms with Gasteiger partial charge in [-0.2, -0.15) is 10.2 Å². The SMILES string of the molecule is N#Cc1ccccc1N1CCN(c2nccc(N3CCCCC3)n2)CC1. The van der Waals surface area contributed by atoms with E-state index in [4.69, 9.17) is 4.98 Å². The van der Waals surface area contributed by atoms with Crippen LogP contribution < -0.4 is 14.7 Å². The first-order chi connectivity index (χ1) is 12.8. The summed E-state index contributed by atoms with van der Waals surface area (Å²) < 4.78 is 0. The minimum absolute atomic E-state index is 0.740. The highest BCUT2D eigenvalue weighted by atomic mass is 15.3. The van der Waals surface area contributed by atoms with Gasteiger partial charge in [0, 0.05) is 45.5 Å². The Bertz CT molecular complexity index is 785. The van der Waals surface area contributed by atoms with E-state index in [1.54, 1.807) is 0 Å². The Labute approximate surface area is 154 Å². The van der Waals surface area contributed by atoms with E-state index >= 15 is 0 Å². The molecule has 26 heavy (non-hydrogen) atoms. The van der Waals surface area contributed by atoms with Gasteiger partial charge in [-0.25, -0.2) is 4.98 Å². The van der Waals surface area contributed by atoms with Crippen LogP contribution in [0.3, 0.4) is 0 Å². The molecule has 0 aliphatic carbocycles. The highest BCUT2D eigenvalue weighted by Gasteiger charge is 2.22. The highest BCUT2D eigenvalue weighted by Crippen LogP contribution is 2.23. The molecule has 0 bridgehead atoms. The molecule has 2 aromatic rings. The molecule has 1 aromatic carbocycles. The summed E-state index contributed by atoms with van der Waals surface area (Å²) in [6.07, 6.45) is 5.69. The molecule has 2 saturated heterocycles. The summed E-state index contributed by atoms with van der Waals surface area (Å²) in [7, 11) is 0. The van der Waals surface area contributed by atoms with Crippen molar-refractivity contribution in [3.63, 3.8) is 0 Å². The number of nitriles is 1. The van der Waals surface area contributed by atoms with Gasteiger partial charge in [-0.15, -0.1) is 0 Å². The van der Waals surface area contributed by atoms with Crippen LogP contribution in [0.15, 0.2) is 36.5 Å². The number of hydrogen-bond acceptors (Lipinski definition) is 6. The van der Waals surface area contributed by atoms with Gasteiger partial charge in [0.1, 0.15) is 11.9 Å². The normalized spacial score (nSPS) is 17.9. The van der Waals surface area contributed by atoms with Gasteiger partial charge < -0.3 is 14.7 Å². The molecule has 2 fully saturated rings. The van der Waals surface area contributed by atoms with Crippen LogP contribution in [-0.2, 0) is 0 Å². The second kappa shape index (κ2) is 7.61. The molecule has 0 amide bonds. The van der Waals surface area contributed by atoms with Crippen molar-refractivity contribution in [3.8, 4) is 6.07 Å². The van der Waals surface area contributed by atoms with Gasteiger partial charge in [0.15, 0.2) is 0 Å². The van der Waals surface area contributed by atoms with Crippen LogP contribution in [0.5, 0.6) is 0 Å². The van der Waals surface area contributed by atoms with E-state index in [-0.39, 0.29) is 0 Å². The zero-order chi connectivity index (χ0) is 17.8. The Morgan fingerprint density at radius 1 is 0.808 bits per heavy atom. The summed E-state index contributed by atoms with van der Waals surface area (Å²) in [5.41, 5.74) is 1.77. The monoisotopic (exact) mass is 348 g/mol. The second-order valence-corrected chi connectivity index (χ2v) is 6.87. The molecule has 0 atom stereocenters. The first-order valence-corrected chi connectivity index (χ1v) is 9.42. The van der Waals surface area contributed by atoms with Crippen molar-refractivity contribution in [2.24, 2.45) is 0 Å². The van der Waals surface area contributed by atoms with Gasteiger partial charge >= 0.3 is 0 Å². The molecule has 3 heterocycles. The molecule has 134 valence electrons. The van der Waals surface area contributed by atoms with E-state index in [1.165, 1.54) is 19.3 Å². The summed E-state index contributed by atoms with van der Waals surface area (Å²) in [6.45, 7) is 5.66. The fourth-order valence-electron chi connectivity index (χ4n) is 3.78. The summed E-state index contributed by atoms with van der Waals surface area (Å²) in [6, 6.07) is 12.1. The molecule has 1 aromatic heterocycles. The number of piperidine rings is 1. The van der Waals surface area contributed by atoms with Crippen LogP contribution in [0, 0.1) is 11.3 Å². The Morgan fingerprint density at radius 2 is 1.54 bits per heavy atom. The predicted octanol–water partition coefficient (Wildman–Crippen LogP) is 2.67. The minimum atomic E-state index is 0.740. The lowest BCUT2D eigenvalue weighted by atomic mass is 10.1. The van der Waals surface area contributed by atoms with Gasteiger partial charge in [-0.1, -0.05) is 12.1 Å². The van der Waals surface area contributed by atoms with Crippen molar-refractivity contribution in [3.05, 3.63) is 42.1 Å².